The first-order valence-electron chi connectivity index (χ1n) is 13.0. The fraction of sp³-hybridized carbons (Fsp3) is 0.393. The van der Waals surface area contributed by atoms with Crippen molar-refractivity contribution in [2.24, 2.45) is 7.05 Å². The maximum absolute atomic E-state index is 14.1. The summed E-state index contributed by atoms with van der Waals surface area (Å²) in [5.41, 5.74) is 2.52. The van der Waals surface area contributed by atoms with Crippen LogP contribution in [0.4, 0.5) is 13.2 Å². The van der Waals surface area contributed by atoms with Crippen LogP contribution in [0.2, 0.25) is 0 Å². The minimum Gasteiger partial charge on any atom is -0.496 e. The van der Waals surface area contributed by atoms with E-state index >= 15 is 0 Å². The summed E-state index contributed by atoms with van der Waals surface area (Å²) >= 11 is 1.47. The number of amides is 1. The Balaban J connectivity index is 1.51. The topological polar surface area (TPSA) is 83.6 Å². The summed E-state index contributed by atoms with van der Waals surface area (Å²) in [6, 6.07) is 7.41. The molecule has 0 spiro atoms. The lowest BCUT2D eigenvalue weighted by atomic mass is 9.91. The number of benzene rings is 1. The van der Waals surface area contributed by atoms with Crippen LogP contribution in [0.25, 0.3) is 28.2 Å². The number of fused-ring (bicyclic) bond motifs is 3. The van der Waals surface area contributed by atoms with Crippen LogP contribution in [-0.4, -0.2) is 69.5 Å². The first kappa shape index (κ1) is 27.3. The van der Waals surface area contributed by atoms with Gasteiger partial charge in [-0.15, -0.1) is 0 Å². The fourth-order valence-corrected chi connectivity index (χ4v) is 6.57. The monoisotopic (exact) mass is 587 g/mol. The molecule has 13 heteroatoms. The van der Waals surface area contributed by atoms with E-state index in [1.165, 1.54) is 23.3 Å². The number of likely N-dealkylation sites (tertiary alicyclic amines) is 1. The Kier molecular flexibility index (Phi) is 6.81. The van der Waals surface area contributed by atoms with Gasteiger partial charge in [0.15, 0.2) is 5.69 Å². The molecular formula is C28H28F3N5O4S. The Hall–Kier alpha value is -3.84. The number of carbonyl (C=O) groups is 1. The smallest absolute Gasteiger partial charge is 0.391 e. The highest BCUT2D eigenvalue weighted by atomic mass is 32.1. The molecule has 41 heavy (non-hydrogen) atoms. The highest BCUT2D eigenvalue weighted by Crippen LogP contribution is 2.47. The van der Waals surface area contributed by atoms with Gasteiger partial charge in [-0.25, -0.2) is 4.68 Å². The van der Waals surface area contributed by atoms with Crippen molar-refractivity contribution < 1.29 is 32.2 Å². The van der Waals surface area contributed by atoms with Gasteiger partial charge in [-0.1, -0.05) is 0 Å². The van der Waals surface area contributed by atoms with Crippen molar-refractivity contribution in [2.75, 3.05) is 27.4 Å². The molecule has 0 radical (unpaired) electrons. The lowest BCUT2D eigenvalue weighted by molar-refractivity contribution is -0.162. The van der Waals surface area contributed by atoms with Crippen molar-refractivity contribution in [3.8, 4) is 39.7 Å². The average Bonchev–Trinajstić information content (AvgIpc) is 3.73. The van der Waals surface area contributed by atoms with Gasteiger partial charge in [-0.3, -0.25) is 9.48 Å². The van der Waals surface area contributed by atoms with Crippen LogP contribution in [0, 0.1) is 0 Å². The number of aromatic nitrogens is 4. The maximum Gasteiger partial charge on any atom is 0.391 e. The van der Waals surface area contributed by atoms with Gasteiger partial charge in [0, 0.05) is 55.0 Å². The van der Waals surface area contributed by atoms with E-state index in [-0.39, 0.29) is 31.9 Å². The van der Waals surface area contributed by atoms with E-state index in [4.69, 9.17) is 19.3 Å². The Labute approximate surface area is 238 Å². The number of thiophene rings is 1. The Morgan fingerprint density at radius 3 is 2.68 bits per heavy atom. The number of rotatable bonds is 7. The van der Waals surface area contributed by atoms with Crippen LogP contribution < -0.4 is 9.47 Å². The van der Waals surface area contributed by atoms with Gasteiger partial charge >= 0.3 is 6.18 Å². The minimum absolute atomic E-state index is 0.0179. The molecule has 1 unspecified atom stereocenters. The van der Waals surface area contributed by atoms with Gasteiger partial charge < -0.3 is 19.1 Å². The SMILES string of the molecule is COCC1(CC(F)(F)F)CCCN1C(=O)c1nn(-c2ccsc2)c2c1COc1cc(OC)c(-c3ccn(C)n3)cc1-2. The highest BCUT2D eigenvalue weighted by Gasteiger charge is 2.51. The molecule has 1 saturated heterocycles. The number of methoxy groups -OCH3 is 2. The van der Waals surface area contributed by atoms with Gasteiger partial charge in [0.1, 0.15) is 18.1 Å². The zero-order valence-electron chi connectivity index (χ0n) is 22.7. The lowest BCUT2D eigenvalue weighted by Crippen LogP contribution is -2.53. The Bertz CT molecular complexity index is 1600. The van der Waals surface area contributed by atoms with Crippen molar-refractivity contribution in [3.05, 3.63) is 52.5 Å². The molecule has 0 N–H and O–H groups in total. The molecule has 2 aliphatic heterocycles. The van der Waals surface area contributed by atoms with Gasteiger partial charge in [0.25, 0.3) is 5.91 Å². The molecular weight excluding hydrogens is 559 g/mol. The average molecular weight is 588 g/mol. The number of ether oxygens (including phenoxy) is 3. The molecule has 2 aliphatic rings. The van der Waals surface area contributed by atoms with Crippen LogP contribution in [0.15, 0.2) is 41.2 Å². The van der Waals surface area contributed by atoms with Crippen molar-refractivity contribution in [2.45, 2.75) is 37.6 Å². The third kappa shape index (κ3) is 4.76. The number of alkyl halides is 3. The summed E-state index contributed by atoms with van der Waals surface area (Å²) in [4.78, 5) is 15.4. The second kappa shape index (κ2) is 10.2. The zero-order valence-corrected chi connectivity index (χ0v) is 23.5. The first-order valence-corrected chi connectivity index (χ1v) is 14.0. The number of hydrogen-bond donors (Lipinski definition) is 0. The first-order chi connectivity index (χ1) is 19.6. The summed E-state index contributed by atoms with van der Waals surface area (Å²) < 4.78 is 61.6. The van der Waals surface area contributed by atoms with E-state index in [1.807, 2.05) is 42.2 Å². The summed E-state index contributed by atoms with van der Waals surface area (Å²) in [6.45, 7) is -0.0287. The van der Waals surface area contributed by atoms with Crippen LogP contribution in [-0.2, 0) is 18.4 Å². The zero-order chi connectivity index (χ0) is 28.9. The molecule has 216 valence electrons. The largest absolute Gasteiger partial charge is 0.496 e. The molecule has 3 aromatic heterocycles. The van der Waals surface area contributed by atoms with E-state index in [1.54, 1.807) is 22.5 Å². The minimum atomic E-state index is -4.47. The van der Waals surface area contributed by atoms with Crippen LogP contribution in [0.1, 0.15) is 35.3 Å². The van der Waals surface area contributed by atoms with Crippen LogP contribution in [0.3, 0.4) is 0 Å². The number of halogens is 3. The molecule has 1 amide bonds. The Morgan fingerprint density at radius 1 is 1.20 bits per heavy atom. The predicted octanol–water partition coefficient (Wildman–Crippen LogP) is 5.48. The molecule has 0 bridgehead atoms. The summed E-state index contributed by atoms with van der Waals surface area (Å²) in [7, 11) is 4.74. The molecule has 1 atom stereocenters. The number of nitrogens with zero attached hydrogens (tertiary/aromatic N) is 5. The number of carbonyl (C=O) groups excluding carboxylic acids is 1. The quantitative estimate of drug-likeness (QED) is 0.285. The molecule has 6 rings (SSSR count). The standard InChI is InChI=1S/C28H28F3N5O4S/c1-34-9-5-21(32-34)18-11-19-23(12-22(18)39-3)40-13-20-24(33-36(25(19)20)17-6-10-41-14-17)26(37)35-8-4-7-27(35,16-38-2)15-28(29,30)31/h5-6,9-12,14H,4,7-8,13,15-16H2,1-3H3. The van der Waals surface area contributed by atoms with E-state index in [9.17, 15) is 18.0 Å². The molecule has 5 heterocycles. The summed E-state index contributed by atoms with van der Waals surface area (Å²) in [5.74, 6) is 0.535. The number of aryl methyl sites for hydroxylation is 1. The second-order valence-electron chi connectivity index (χ2n) is 10.3. The molecule has 9 nitrogen and oxygen atoms in total. The van der Waals surface area contributed by atoms with Gasteiger partial charge in [0.2, 0.25) is 0 Å². The lowest BCUT2D eigenvalue weighted by Gasteiger charge is -2.38. The molecule has 4 aromatic rings. The van der Waals surface area contributed by atoms with E-state index in [2.05, 4.69) is 5.10 Å². The summed E-state index contributed by atoms with van der Waals surface area (Å²) in [5, 5.41) is 13.0. The summed E-state index contributed by atoms with van der Waals surface area (Å²) in [6.07, 6.45) is -3.18. The van der Waals surface area contributed by atoms with Gasteiger partial charge in [0.05, 0.1) is 42.8 Å². The molecule has 1 aromatic carbocycles. The fourth-order valence-electron chi connectivity index (χ4n) is 5.95. The van der Waals surface area contributed by atoms with Crippen LogP contribution >= 0.6 is 11.3 Å². The predicted molar refractivity (Wildman–Crippen MR) is 146 cm³/mol. The number of hydrogen-bond acceptors (Lipinski definition) is 7. The van der Waals surface area contributed by atoms with E-state index < -0.39 is 24.0 Å². The van der Waals surface area contributed by atoms with Crippen LogP contribution in [0.5, 0.6) is 11.5 Å². The molecule has 0 saturated carbocycles. The van der Waals surface area contributed by atoms with E-state index in [0.29, 0.717) is 40.4 Å². The van der Waals surface area contributed by atoms with Crippen molar-refractivity contribution in [1.82, 2.24) is 24.5 Å². The van der Waals surface area contributed by atoms with E-state index in [0.717, 1.165) is 11.3 Å². The Morgan fingerprint density at radius 2 is 2.02 bits per heavy atom. The highest BCUT2D eigenvalue weighted by molar-refractivity contribution is 7.08. The third-order valence-corrected chi connectivity index (χ3v) is 8.31. The van der Waals surface area contributed by atoms with Crippen molar-refractivity contribution in [3.63, 3.8) is 0 Å². The normalized spacial score (nSPS) is 18.2. The maximum atomic E-state index is 14.1. The van der Waals surface area contributed by atoms with Crippen molar-refractivity contribution >= 4 is 17.2 Å². The molecule has 1 fully saturated rings. The third-order valence-electron chi connectivity index (χ3n) is 7.64. The molecule has 0 aliphatic carbocycles. The van der Waals surface area contributed by atoms with Gasteiger partial charge in [-0.2, -0.15) is 34.7 Å². The second-order valence-corrected chi connectivity index (χ2v) is 11.1. The van der Waals surface area contributed by atoms with Crippen molar-refractivity contribution in [1.29, 1.82) is 0 Å². The van der Waals surface area contributed by atoms with Gasteiger partial charge in [-0.05, 0) is 36.4 Å².